The summed E-state index contributed by atoms with van der Waals surface area (Å²) in [4.78, 5) is 2.47. The minimum atomic E-state index is -0.116. The largest absolute Gasteiger partial charge is 0.392 e. The van der Waals surface area contributed by atoms with Crippen molar-refractivity contribution in [2.45, 2.75) is 104 Å². The number of aliphatic hydroxyl groups is 1. The lowest BCUT2D eigenvalue weighted by molar-refractivity contribution is 0.101. The Kier molecular flexibility index (Phi) is 16.2. The maximum absolute atomic E-state index is 10.2. The van der Waals surface area contributed by atoms with Crippen molar-refractivity contribution in [2.24, 2.45) is 0 Å². The first-order valence-corrected chi connectivity index (χ1v) is 9.64. The second kappa shape index (κ2) is 16.3. The standard InChI is InChI=1S/C19H41NO/c1-4-7-10-11-12-13-14-15-19(21)18-20(16-8-5-2)17-9-6-3/h19,21H,4-18H2,1-3H3. The van der Waals surface area contributed by atoms with Crippen LogP contribution in [0.25, 0.3) is 0 Å². The van der Waals surface area contributed by atoms with Gasteiger partial charge in [0.2, 0.25) is 0 Å². The molecule has 0 fully saturated rings. The first-order valence-electron chi connectivity index (χ1n) is 9.64. The second-order valence-electron chi connectivity index (χ2n) is 6.57. The molecule has 2 heteroatoms. The van der Waals surface area contributed by atoms with Crippen LogP contribution in [0.2, 0.25) is 0 Å². The van der Waals surface area contributed by atoms with Gasteiger partial charge in [0.15, 0.2) is 0 Å². The highest BCUT2D eigenvalue weighted by molar-refractivity contribution is 4.65. The van der Waals surface area contributed by atoms with Crippen LogP contribution in [0.3, 0.4) is 0 Å². The average molecular weight is 300 g/mol. The summed E-state index contributed by atoms with van der Waals surface area (Å²) in [6.07, 6.45) is 15.2. The highest BCUT2D eigenvalue weighted by Crippen LogP contribution is 2.11. The van der Waals surface area contributed by atoms with Gasteiger partial charge in [-0.25, -0.2) is 0 Å². The molecule has 0 saturated heterocycles. The van der Waals surface area contributed by atoms with Crippen molar-refractivity contribution in [2.75, 3.05) is 19.6 Å². The number of hydrogen-bond acceptors (Lipinski definition) is 2. The lowest BCUT2D eigenvalue weighted by Crippen LogP contribution is -2.34. The quantitative estimate of drug-likeness (QED) is 0.386. The van der Waals surface area contributed by atoms with Crippen molar-refractivity contribution in [1.82, 2.24) is 4.90 Å². The summed E-state index contributed by atoms with van der Waals surface area (Å²) in [6.45, 7) is 9.95. The van der Waals surface area contributed by atoms with Crippen LogP contribution in [-0.2, 0) is 0 Å². The van der Waals surface area contributed by atoms with Crippen LogP contribution < -0.4 is 0 Å². The minimum absolute atomic E-state index is 0.116. The highest BCUT2D eigenvalue weighted by Gasteiger charge is 2.10. The lowest BCUT2D eigenvalue weighted by atomic mass is 10.1. The van der Waals surface area contributed by atoms with E-state index in [-0.39, 0.29) is 6.10 Å². The third-order valence-corrected chi connectivity index (χ3v) is 4.27. The summed E-state index contributed by atoms with van der Waals surface area (Å²) in [6, 6.07) is 0. The fourth-order valence-electron chi connectivity index (χ4n) is 2.78. The van der Waals surface area contributed by atoms with Crippen molar-refractivity contribution in [3.63, 3.8) is 0 Å². The van der Waals surface area contributed by atoms with Gasteiger partial charge in [0.1, 0.15) is 0 Å². The lowest BCUT2D eigenvalue weighted by Gasteiger charge is -2.24. The van der Waals surface area contributed by atoms with Gasteiger partial charge in [0.05, 0.1) is 6.10 Å². The van der Waals surface area contributed by atoms with E-state index in [1.54, 1.807) is 0 Å². The molecule has 0 spiro atoms. The van der Waals surface area contributed by atoms with E-state index in [9.17, 15) is 5.11 Å². The van der Waals surface area contributed by atoms with E-state index >= 15 is 0 Å². The van der Waals surface area contributed by atoms with Crippen LogP contribution in [0.1, 0.15) is 97.8 Å². The number of hydrogen-bond donors (Lipinski definition) is 1. The number of aliphatic hydroxyl groups excluding tert-OH is 1. The van der Waals surface area contributed by atoms with E-state index in [0.717, 1.165) is 26.1 Å². The summed E-state index contributed by atoms with van der Waals surface area (Å²) in [5.74, 6) is 0. The molecule has 1 N–H and O–H groups in total. The summed E-state index contributed by atoms with van der Waals surface area (Å²) in [5.41, 5.74) is 0. The fourth-order valence-corrected chi connectivity index (χ4v) is 2.78. The molecule has 21 heavy (non-hydrogen) atoms. The molecule has 1 atom stereocenters. The first kappa shape index (κ1) is 20.9. The molecule has 0 amide bonds. The van der Waals surface area contributed by atoms with Gasteiger partial charge in [0.25, 0.3) is 0 Å². The smallest absolute Gasteiger partial charge is 0.0667 e. The van der Waals surface area contributed by atoms with Crippen molar-refractivity contribution in [3.05, 3.63) is 0 Å². The predicted molar refractivity (Wildman–Crippen MR) is 94.9 cm³/mol. The van der Waals surface area contributed by atoms with Gasteiger partial charge < -0.3 is 10.0 Å². The zero-order valence-electron chi connectivity index (χ0n) is 15.1. The summed E-state index contributed by atoms with van der Waals surface area (Å²) < 4.78 is 0. The fraction of sp³-hybridized carbons (Fsp3) is 1.00. The Balaban J connectivity index is 3.63. The molecule has 0 radical (unpaired) electrons. The maximum Gasteiger partial charge on any atom is 0.0667 e. The Bertz CT molecular complexity index is 188. The van der Waals surface area contributed by atoms with E-state index in [1.165, 1.54) is 70.6 Å². The van der Waals surface area contributed by atoms with Crippen LogP contribution in [0.15, 0.2) is 0 Å². The van der Waals surface area contributed by atoms with Crippen LogP contribution in [0, 0.1) is 0 Å². The minimum Gasteiger partial charge on any atom is -0.392 e. The van der Waals surface area contributed by atoms with E-state index < -0.39 is 0 Å². The molecule has 0 aliphatic carbocycles. The molecule has 0 aromatic heterocycles. The molecule has 0 bridgehead atoms. The van der Waals surface area contributed by atoms with Crippen LogP contribution in [0.5, 0.6) is 0 Å². The third-order valence-electron chi connectivity index (χ3n) is 4.27. The maximum atomic E-state index is 10.2. The first-order chi connectivity index (χ1) is 10.2. The SMILES string of the molecule is CCCCCCCCCC(O)CN(CCCC)CCCC. The molecule has 1 unspecified atom stereocenters. The van der Waals surface area contributed by atoms with E-state index in [2.05, 4.69) is 25.7 Å². The highest BCUT2D eigenvalue weighted by atomic mass is 16.3. The molecule has 0 aromatic carbocycles. The second-order valence-corrected chi connectivity index (χ2v) is 6.57. The summed E-state index contributed by atoms with van der Waals surface area (Å²) in [5, 5.41) is 10.2. The number of nitrogens with zero attached hydrogens (tertiary/aromatic N) is 1. The van der Waals surface area contributed by atoms with Crippen molar-refractivity contribution >= 4 is 0 Å². The molecule has 0 aliphatic heterocycles. The van der Waals surface area contributed by atoms with Gasteiger partial charge in [-0.05, 0) is 32.4 Å². The van der Waals surface area contributed by atoms with Gasteiger partial charge in [-0.15, -0.1) is 0 Å². The molecular formula is C19H41NO. The Hall–Kier alpha value is -0.0800. The van der Waals surface area contributed by atoms with Gasteiger partial charge >= 0.3 is 0 Å². The molecule has 0 aromatic rings. The number of unbranched alkanes of at least 4 members (excludes halogenated alkanes) is 8. The monoisotopic (exact) mass is 299 g/mol. The van der Waals surface area contributed by atoms with Gasteiger partial charge in [-0.2, -0.15) is 0 Å². The van der Waals surface area contributed by atoms with E-state index in [0.29, 0.717) is 0 Å². The molecule has 0 heterocycles. The van der Waals surface area contributed by atoms with Crippen LogP contribution in [-0.4, -0.2) is 35.7 Å². The van der Waals surface area contributed by atoms with Crippen molar-refractivity contribution in [3.8, 4) is 0 Å². The Morgan fingerprint density at radius 2 is 1.14 bits per heavy atom. The Morgan fingerprint density at radius 3 is 1.67 bits per heavy atom. The zero-order valence-corrected chi connectivity index (χ0v) is 15.1. The van der Waals surface area contributed by atoms with Crippen molar-refractivity contribution in [1.29, 1.82) is 0 Å². The summed E-state index contributed by atoms with van der Waals surface area (Å²) >= 11 is 0. The van der Waals surface area contributed by atoms with Crippen LogP contribution >= 0.6 is 0 Å². The molecular weight excluding hydrogens is 258 g/mol. The molecule has 128 valence electrons. The topological polar surface area (TPSA) is 23.5 Å². The molecule has 0 saturated carbocycles. The normalized spacial score (nSPS) is 13.0. The van der Waals surface area contributed by atoms with E-state index in [4.69, 9.17) is 0 Å². The molecule has 0 aliphatic rings. The molecule has 0 rings (SSSR count). The van der Waals surface area contributed by atoms with Gasteiger partial charge in [-0.1, -0.05) is 78.6 Å². The third kappa shape index (κ3) is 14.6. The molecule has 2 nitrogen and oxygen atoms in total. The zero-order chi connectivity index (χ0) is 15.8. The van der Waals surface area contributed by atoms with E-state index in [1.807, 2.05) is 0 Å². The Labute approximate surface area is 134 Å². The average Bonchev–Trinajstić information content (AvgIpc) is 2.49. The van der Waals surface area contributed by atoms with Crippen molar-refractivity contribution < 1.29 is 5.11 Å². The summed E-state index contributed by atoms with van der Waals surface area (Å²) in [7, 11) is 0. The number of rotatable bonds is 16. The van der Waals surface area contributed by atoms with Crippen LogP contribution in [0.4, 0.5) is 0 Å². The predicted octanol–water partition coefficient (Wildman–Crippen LogP) is 5.39. The Morgan fingerprint density at radius 1 is 0.667 bits per heavy atom. The van der Waals surface area contributed by atoms with Gasteiger partial charge in [-0.3, -0.25) is 0 Å². The van der Waals surface area contributed by atoms with Gasteiger partial charge in [0, 0.05) is 6.54 Å².